The zero-order chi connectivity index (χ0) is 22.5. The maximum atomic E-state index is 11.3. The van der Waals surface area contributed by atoms with Crippen molar-refractivity contribution in [2.45, 2.75) is 39.9 Å². The third-order valence-electron chi connectivity index (χ3n) is 4.20. The van der Waals surface area contributed by atoms with E-state index in [0.29, 0.717) is 25.1 Å². The van der Waals surface area contributed by atoms with E-state index in [2.05, 4.69) is 28.5 Å². The van der Waals surface area contributed by atoms with Crippen molar-refractivity contribution in [1.29, 1.82) is 5.41 Å². The Kier molecular flexibility index (Phi) is 11.9. The summed E-state index contributed by atoms with van der Waals surface area (Å²) in [4.78, 5) is 23.2. The number of hydrogen-bond donors (Lipinski definition) is 2. The Morgan fingerprint density at radius 3 is 2.80 bits per heavy atom. The lowest BCUT2D eigenvalue weighted by Gasteiger charge is -2.21. The predicted octanol–water partition coefficient (Wildman–Crippen LogP) is 3.55. The van der Waals surface area contributed by atoms with Gasteiger partial charge in [0.05, 0.1) is 17.8 Å². The molecular weight excluding hydrogens is 418 g/mol. The van der Waals surface area contributed by atoms with Crippen molar-refractivity contribution in [2.24, 2.45) is 21.7 Å². The molecule has 3 N–H and O–H groups in total. The molecule has 0 saturated carbocycles. The zero-order valence-corrected chi connectivity index (χ0v) is 19.6. The van der Waals surface area contributed by atoms with Crippen LogP contribution in [-0.2, 0) is 11.3 Å². The zero-order valence-electron chi connectivity index (χ0n) is 18.0. The van der Waals surface area contributed by atoms with Gasteiger partial charge in [-0.3, -0.25) is 14.7 Å². The standard InChI is InChI=1S/C20H31N7OS2/c1-6-26(5)17(4)25-19(11-18(22)7-8-21)30-16(3)15(2)12-24-27(14-28)13-20-23-9-10-29-20/h7-10,12,14-15,17,22H,3,6,11,13,21H2,1-2,4-5H3/b8-7-,22-18?,24-12-,25-19-. The number of allylic oxidation sites excluding steroid dienone is 2. The van der Waals surface area contributed by atoms with Crippen LogP contribution in [0.5, 0.6) is 0 Å². The number of nitrogens with one attached hydrogen (secondary N) is 1. The van der Waals surface area contributed by atoms with Gasteiger partial charge in [0, 0.05) is 35.8 Å². The molecular formula is C20H31N7OS2. The minimum atomic E-state index is -0.0996. The molecule has 164 valence electrons. The summed E-state index contributed by atoms with van der Waals surface area (Å²) < 4.78 is 0. The maximum Gasteiger partial charge on any atom is 0.230 e. The molecule has 0 aromatic carbocycles. The highest BCUT2D eigenvalue weighted by atomic mass is 32.2. The summed E-state index contributed by atoms with van der Waals surface area (Å²) in [6.07, 6.45) is 7.31. The molecule has 2 unspecified atom stereocenters. The van der Waals surface area contributed by atoms with E-state index in [9.17, 15) is 4.79 Å². The Morgan fingerprint density at radius 2 is 2.23 bits per heavy atom. The highest BCUT2D eigenvalue weighted by molar-refractivity contribution is 8.17. The summed E-state index contributed by atoms with van der Waals surface area (Å²) in [6, 6.07) is 0. The van der Waals surface area contributed by atoms with Gasteiger partial charge in [-0.2, -0.15) is 5.10 Å². The number of amides is 1. The lowest BCUT2D eigenvalue weighted by molar-refractivity contribution is -0.118. The van der Waals surface area contributed by atoms with Gasteiger partial charge in [-0.1, -0.05) is 32.2 Å². The molecule has 0 bridgehead atoms. The van der Waals surface area contributed by atoms with Crippen LogP contribution >= 0.6 is 23.1 Å². The molecule has 1 aromatic heterocycles. The molecule has 1 amide bonds. The van der Waals surface area contributed by atoms with Gasteiger partial charge in [0.1, 0.15) is 5.01 Å². The summed E-state index contributed by atoms with van der Waals surface area (Å²) in [7, 11) is 2.00. The molecule has 0 aliphatic carbocycles. The number of aromatic nitrogens is 1. The van der Waals surface area contributed by atoms with Gasteiger partial charge >= 0.3 is 0 Å². The van der Waals surface area contributed by atoms with Crippen molar-refractivity contribution in [3.8, 4) is 0 Å². The van der Waals surface area contributed by atoms with E-state index in [1.165, 1.54) is 34.3 Å². The number of carbonyl (C=O) groups is 1. The third-order valence-corrected chi connectivity index (χ3v) is 6.09. The first kappa shape index (κ1) is 25.7. The molecule has 0 fully saturated rings. The highest BCUT2D eigenvalue weighted by Gasteiger charge is 2.14. The second kappa shape index (κ2) is 13.8. The van der Waals surface area contributed by atoms with Crippen LogP contribution in [0.2, 0.25) is 0 Å². The predicted molar refractivity (Wildman–Crippen MR) is 129 cm³/mol. The first-order valence-corrected chi connectivity index (χ1v) is 11.2. The fraction of sp³-hybridized carbons (Fsp3) is 0.450. The molecule has 0 aliphatic rings. The molecule has 0 radical (unpaired) electrons. The summed E-state index contributed by atoms with van der Waals surface area (Å²) in [5.41, 5.74) is 5.78. The summed E-state index contributed by atoms with van der Waals surface area (Å²) >= 11 is 2.91. The van der Waals surface area contributed by atoms with Crippen LogP contribution in [-0.4, -0.2) is 58.0 Å². The Hall–Kier alpha value is -2.30. The van der Waals surface area contributed by atoms with E-state index >= 15 is 0 Å². The van der Waals surface area contributed by atoms with Crippen molar-refractivity contribution >= 4 is 46.5 Å². The van der Waals surface area contributed by atoms with Crippen molar-refractivity contribution < 1.29 is 4.79 Å². The van der Waals surface area contributed by atoms with Gasteiger partial charge in [-0.15, -0.1) is 11.3 Å². The Bertz CT molecular complexity index is 774. The molecule has 1 heterocycles. The SMILES string of the molecule is C=C(S/C(CC(=N)/C=C\N)=N\C(C)N(C)CC)C(C)/C=N\N(C=O)Cc1nccs1. The number of nitrogens with zero attached hydrogens (tertiary/aromatic N) is 5. The van der Waals surface area contributed by atoms with E-state index in [1.54, 1.807) is 18.5 Å². The van der Waals surface area contributed by atoms with Gasteiger partial charge < -0.3 is 11.1 Å². The van der Waals surface area contributed by atoms with Gasteiger partial charge in [-0.25, -0.2) is 9.99 Å². The summed E-state index contributed by atoms with van der Waals surface area (Å²) in [6.45, 7) is 11.4. The van der Waals surface area contributed by atoms with E-state index in [1.807, 2.05) is 26.3 Å². The van der Waals surface area contributed by atoms with E-state index in [-0.39, 0.29) is 12.1 Å². The highest BCUT2D eigenvalue weighted by Crippen LogP contribution is 2.25. The lowest BCUT2D eigenvalue weighted by atomic mass is 10.2. The van der Waals surface area contributed by atoms with E-state index in [4.69, 9.17) is 16.1 Å². The quantitative estimate of drug-likeness (QED) is 0.207. The Balaban J connectivity index is 2.83. The molecule has 2 atom stereocenters. The van der Waals surface area contributed by atoms with Crippen LogP contribution in [0.15, 0.2) is 45.4 Å². The van der Waals surface area contributed by atoms with Crippen LogP contribution in [0.3, 0.4) is 0 Å². The molecule has 1 aromatic rings. The fourth-order valence-electron chi connectivity index (χ4n) is 2.11. The monoisotopic (exact) mass is 449 g/mol. The lowest BCUT2D eigenvalue weighted by Crippen LogP contribution is -2.28. The molecule has 8 nitrogen and oxygen atoms in total. The first-order chi connectivity index (χ1) is 14.3. The normalized spacial score (nSPS) is 14.4. The van der Waals surface area contributed by atoms with Crippen molar-refractivity contribution in [1.82, 2.24) is 14.9 Å². The van der Waals surface area contributed by atoms with Crippen LogP contribution in [0, 0.1) is 11.3 Å². The van der Waals surface area contributed by atoms with E-state index < -0.39 is 0 Å². The number of hydrazone groups is 1. The third kappa shape index (κ3) is 9.47. The molecule has 0 aliphatic heterocycles. The van der Waals surface area contributed by atoms with Crippen LogP contribution in [0.4, 0.5) is 0 Å². The second-order valence-corrected chi connectivity index (χ2v) is 8.72. The number of thioether (sulfide) groups is 1. The Labute approximate surface area is 187 Å². The number of hydrogen-bond acceptors (Lipinski definition) is 9. The molecule has 1 rings (SSSR count). The number of aliphatic imine (C=N–C) groups is 1. The summed E-state index contributed by atoms with van der Waals surface area (Å²) in [5.74, 6) is -0.0996. The Morgan fingerprint density at radius 1 is 1.50 bits per heavy atom. The van der Waals surface area contributed by atoms with Gasteiger partial charge in [0.15, 0.2) is 0 Å². The van der Waals surface area contributed by atoms with Gasteiger partial charge in [0.25, 0.3) is 0 Å². The number of carbonyl (C=O) groups excluding carboxylic acids is 1. The van der Waals surface area contributed by atoms with Gasteiger partial charge in [-0.05, 0) is 37.7 Å². The molecule has 30 heavy (non-hydrogen) atoms. The molecule has 10 heteroatoms. The van der Waals surface area contributed by atoms with Crippen LogP contribution in [0.1, 0.15) is 32.2 Å². The fourth-order valence-corrected chi connectivity index (χ4v) is 3.69. The number of thiazole rings is 1. The van der Waals surface area contributed by atoms with Crippen molar-refractivity contribution in [3.63, 3.8) is 0 Å². The van der Waals surface area contributed by atoms with Crippen LogP contribution in [0.25, 0.3) is 0 Å². The first-order valence-electron chi connectivity index (χ1n) is 9.54. The number of rotatable bonds is 13. The minimum absolute atomic E-state index is 0.0206. The number of nitrogens with two attached hydrogens (primary N) is 1. The maximum absolute atomic E-state index is 11.3. The summed E-state index contributed by atoms with van der Waals surface area (Å²) in [5, 5.41) is 17.1. The second-order valence-electron chi connectivity index (χ2n) is 6.54. The largest absolute Gasteiger partial charge is 0.405 e. The topological polar surface area (TPSA) is 111 Å². The van der Waals surface area contributed by atoms with E-state index in [0.717, 1.165) is 21.5 Å². The average molecular weight is 450 g/mol. The van der Waals surface area contributed by atoms with Crippen LogP contribution < -0.4 is 5.73 Å². The van der Waals surface area contributed by atoms with Gasteiger partial charge in [0.2, 0.25) is 6.41 Å². The molecule has 0 spiro atoms. The van der Waals surface area contributed by atoms with Crippen molar-refractivity contribution in [3.05, 3.63) is 40.3 Å². The minimum Gasteiger partial charge on any atom is -0.405 e. The average Bonchev–Trinajstić information content (AvgIpc) is 3.23. The van der Waals surface area contributed by atoms with Crippen molar-refractivity contribution in [2.75, 3.05) is 13.6 Å². The molecule has 0 saturated heterocycles. The smallest absolute Gasteiger partial charge is 0.230 e.